The van der Waals surface area contributed by atoms with Gasteiger partial charge < -0.3 is 5.32 Å². The summed E-state index contributed by atoms with van der Waals surface area (Å²) in [7, 11) is 0. The second-order valence-corrected chi connectivity index (χ2v) is 7.21. The van der Waals surface area contributed by atoms with E-state index in [1.807, 2.05) is 30.3 Å². The summed E-state index contributed by atoms with van der Waals surface area (Å²) in [4.78, 5) is 16.7. The number of carbonyl (C=O) groups is 1. The Balaban J connectivity index is 1.52. The molecule has 0 saturated heterocycles. The summed E-state index contributed by atoms with van der Waals surface area (Å²) in [5.74, 6) is -0.444. The highest BCUT2D eigenvalue weighted by molar-refractivity contribution is 5.91. The minimum absolute atomic E-state index is 0.0275. The van der Waals surface area contributed by atoms with E-state index in [0.29, 0.717) is 12.2 Å². The van der Waals surface area contributed by atoms with E-state index in [9.17, 15) is 18.0 Å². The van der Waals surface area contributed by atoms with Crippen LogP contribution in [0.25, 0.3) is 11.0 Å². The molecule has 31 heavy (non-hydrogen) atoms. The molecular weight excluding hydrogens is 409 g/mol. The van der Waals surface area contributed by atoms with Crippen LogP contribution < -0.4 is 5.32 Å². The minimum Gasteiger partial charge on any atom is -0.322 e. The number of benzene rings is 1. The third kappa shape index (κ3) is 4.42. The average Bonchev–Trinajstić information content (AvgIpc) is 3.25. The van der Waals surface area contributed by atoms with Gasteiger partial charge in [-0.3, -0.25) is 9.48 Å². The summed E-state index contributed by atoms with van der Waals surface area (Å²) < 4.78 is 43.2. The molecule has 1 amide bonds. The third-order valence-corrected chi connectivity index (χ3v) is 4.71. The number of aryl methyl sites for hydroxylation is 2. The number of hydrogen-bond donors (Lipinski definition) is 1. The van der Waals surface area contributed by atoms with E-state index in [0.717, 1.165) is 11.6 Å². The molecule has 3 heterocycles. The second-order valence-electron chi connectivity index (χ2n) is 7.21. The van der Waals surface area contributed by atoms with Crippen molar-refractivity contribution >= 4 is 22.6 Å². The topological polar surface area (TPSA) is 77.6 Å². The number of anilines is 1. The molecule has 0 aliphatic rings. The van der Waals surface area contributed by atoms with Crippen molar-refractivity contribution in [3.63, 3.8) is 0 Å². The highest BCUT2D eigenvalue weighted by Crippen LogP contribution is 2.36. The molecule has 4 rings (SSSR count). The zero-order valence-electron chi connectivity index (χ0n) is 16.8. The number of halogens is 3. The van der Waals surface area contributed by atoms with Crippen LogP contribution in [0.3, 0.4) is 0 Å². The SMILES string of the molecule is Cc1cc(C(F)(F)F)c2c(C)nn(CC(=O)Nc3cnn(Cc4ccccc4)c3)c2n1. The number of rotatable bonds is 5. The average molecular weight is 428 g/mol. The third-order valence-electron chi connectivity index (χ3n) is 4.71. The van der Waals surface area contributed by atoms with E-state index in [-0.39, 0.29) is 29.0 Å². The Morgan fingerprint density at radius 3 is 2.61 bits per heavy atom. The Kier molecular flexibility index (Phi) is 5.22. The maximum absolute atomic E-state index is 13.4. The number of carbonyl (C=O) groups excluding carboxylic acids is 1. The maximum atomic E-state index is 13.4. The molecule has 1 aromatic carbocycles. The number of nitrogens with one attached hydrogen (secondary N) is 1. The van der Waals surface area contributed by atoms with Gasteiger partial charge in [-0.2, -0.15) is 23.4 Å². The van der Waals surface area contributed by atoms with E-state index >= 15 is 0 Å². The molecule has 7 nitrogen and oxygen atoms in total. The first-order valence-electron chi connectivity index (χ1n) is 9.49. The first-order chi connectivity index (χ1) is 14.7. The number of fused-ring (bicyclic) bond motifs is 1. The van der Waals surface area contributed by atoms with Crippen LogP contribution >= 0.6 is 0 Å². The van der Waals surface area contributed by atoms with E-state index in [1.54, 1.807) is 10.9 Å². The van der Waals surface area contributed by atoms with Gasteiger partial charge in [0.25, 0.3) is 0 Å². The van der Waals surface area contributed by atoms with Gasteiger partial charge in [0.1, 0.15) is 6.54 Å². The molecule has 10 heteroatoms. The van der Waals surface area contributed by atoms with E-state index < -0.39 is 17.6 Å². The van der Waals surface area contributed by atoms with Crippen molar-refractivity contribution < 1.29 is 18.0 Å². The number of aromatic nitrogens is 5. The van der Waals surface area contributed by atoms with Crippen LogP contribution in [-0.4, -0.2) is 30.5 Å². The van der Waals surface area contributed by atoms with Gasteiger partial charge in [0.05, 0.1) is 35.1 Å². The summed E-state index contributed by atoms with van der Waals surface area (Å²) in [6.45, 7) is 3.21. The van der Waals surface area contributed by atoms with Crippen molar-refractivity contribution in [3.05, 3.63) is 71.3 Å². The molecular formula is C21H19F3N6O. The van der Waals surface area contributed by atoms with Crippen molar-refractivity contribution in [3.8, 4) is 0 Å². The van der Waals surface area contributed by atoms with Crippen LogP contribution in [0.1, 0.15) is 22.5 Å². The van der Waals surface area contributed by atoms with Crippen LogP contribution in [0, 0.1) is 13.8 Å². The zero-order chi connectivity index (χ0) is 22.2. The summed E-state index contributed by atoms with van der Waals surface area (Å²) in [5, 5.41) is 10.9. The van der Waals surface area contributed by atoms with Crippen LogP contribution in [0.15, 0.2) is 48.8 Å². The predicted octanol–water partition coefficient (Wildman–Crippen LogP) is 3.95. The molecule has 0 fully saturated rings. The summed E-state index contributed by atoms with van der Waals surface area (Å²) in [6, 6.07) is 10.7. The molecule has 0 radical (unpaired) electrons. The number of pyridine rings is 1. The fourth-order valence-electron chi connectivity index (χ4n) is 3.43. The van der Waals surface area contributed by atoms with E-state index in [2.05, 4.69) is 20.5 Å². The first kappa shape index (κ1) is 20.6. The number of amides is 1. The molecule has 160 valence electrons. The quantitative estimate of drug-likeness (QED) is 0.522. The predicted molar refractivity (Wildman–Crippen MR) is 108 cm³/mol. The molecule has 0 atom stereocenters. The lowest BCUT2D eigenvalue weighted by atomic mass is 10.1. The Morgan fingerprint density at radius 2 is 1.90 bits per heavy atom. The second kappa shape index (κ2) is 7.86. The van der Waals surface area contributed by atoms with Gasteiger partial charge in [-0.1, -0.05) is 30.3 Å². The minimum atomic E-state index is -4.54. The van der Waals surface area contributed by atoms with Crippen molar-refractivity contribution in [1.29, 1.82) is 0 Å². The standard InChI is InChI=1S/C21H19F3N6O/c1-13-8-17(21(22,23)24)19-14(2)28-30(20(19)26-13)12-18(31)27-16-9-25-29(11-16)10-15-6-4-3-5-7-15/h3-9,11H,10,12H2,1-2H3,(H,27,31). The lowest BCUT2D eigenvalue weighted by Crippen LogP contribution is -2.19. The highest BCUT2D eigenvalue weighted by Gasteiger charge is 2.35. The van der Waals surface area contributed by atoms with Crippen LogP contribution in [0.2, 0.25) is 0 Å². The van der Waals surface area contributed by atoms with Crippen molar-refractivity contribution in [2.75, 3.05) is 5.32 Å². The molecule has 1 N–H and O–H groups in total. The maximum Gasteiger partial charge on any atom is 0.417 e. The first-order valence-corrected chi connectivity index (χ1v) is 9.49. The molecule has 0 aliphatic carbocycles. The molecule has 4 aromatic rings. The van der Waals surface area contributed by atoms with Crippen LogP contribution in [-0.2, 0) is 24.1 Å². The molecule has 0 unspecified atom stereocenters. The van der Waals surface area contributed by atoms with E-state index in [1.165, 1.54) is 24.7 Å². The lowest BCUT2D eigenvalue weighted by molar-refractivity contribution is -0.136. The largest absolute Gasteiger partial charge is 0.417 e. The smallest absolute Gasteiger partial charge is 0.322 e. The Labute approximate surface area is 175 Å². The van der Waals surface area contributed by atoms with Gasteiger partial charge >= 0.3 is 6.18 Å². The summed E-state index contributed by atoms with van der Waals surface area (Å²) in [6.07, 6.45) is -1.35. The molecule has 0 saturated carbocycles. The van der Waals surface area contributed by atoms with Crippen LogP contribution in [0.4, 0.5) is 18.9 Å². The van der Waals surface area contributed by atoms with Crippen molar-refractivity contribution in [2.24, 2.45) is 0 Å². The molecule has 0 bridgehead atoms. The monoisotopic (exact) mass is 428 g/mol. The number of alkyl halides is 3. The van der Waals surface area contributed by atoms with Crippen molar-refractivity contribution in [2.45, 2.75) is 33.1 Å². The number of nitrogens with zero attached hydrogens (tertiary/aromatic N) is 5. The normalized spacial score (nSPS) is 11.8. The zero-order valence-corrected chi connectivity index (χ0v) is 16.8. The summed E-state index contributed by atoms with van der Waals surface area (Å²) >= 11 is 0. The molecule has 3 aromatic heterocycles. The van der Waals surface area contributed by atoms with Gasteiger partial charge in [0, 0.05) is 11.9 Å². The molecule has 0 aliphatic heterocycles. The van der Waals surface area contributed by atoms with Gasteiger partial charge in [0.2, 0.25) is 5.91 Å². The molecule has 0 spiro atoms. The fourth-order valence-corrected chi connectivity index (χ4v) is 3.43. The Bertz CT molecular complexity index is 1240. The van der Waals surface area contributed by atoms with Gasteiger partial charge in [-0.15, -0.1) is 0 Å². The number of hydrogen-bond acceptors (Lipinski definition) is 4. The highest BCUT2D eigenvalue weighted by atomic mass is 19.4. The van der Waals surface area contributed by atoms with E-state index in [4.69, 9.17) is 0 Å². The van der Waals surface area contributed by atoms with Gasteiger partial charge in [-0.25, -0.2) is 9.67 Å². The fraction of sp³-hybridized carbons (Fsp3) is 0.238. The van der Waals surface area contributed by atoms with Gasteiger partial charge in [-0.05, 0) is 25.5 Å². The van der Waals surface area contributed by atoms with Gasteiger partial charge in [0.15, 0.2) is 5.65 Å². The van der Waals surface area contributed by atoms with Crippen LogP contribution in [0.5, 0.6) is 0 Å². The lowest BCUT2D eigenvalue weighted by Gasteiger charge is -2.10. The summed E-state index contributed by atoms with van der Waals surface area (Å²) in [5.41, 5.74) is 1.13. The Hall–Kier alpha value is -3.69. The van der Waals surface area contributed by atoms with Crippen molar-refractivity contribution in [1.82, 2.24) is 24.5 Å². The Morgan fingerprint density at radius 1 is 1.16 bits per heavy atom.